The molecule has 1 heterocycles. The van der Waals surface area contributed by atoms with E-state index < -0.39 is 0 Å². The summed E-state index contributed by atoms with van der Waals surface area (Å²) in [5.41, 5.74) is 0. The zero-order valence-corrected chi connectivity index (χ0v) is 8.65. The number of hydrogen-bond acceptors (Lipinski definition) is 3. The first-order valence-electron chi connectivity index (χ1n) is 5.78. The molecule has 1 N–H and O–H groups in total. The van der Waals surface area contributed by atoms with Gasteiger partial charge in [0.25, 0.3) is 0 Å². The van der Waals surface area contributed by atoms with Gasteiger partial charge >= 0.3 is 0 Å². The summed E-state index contributed by atoms with van der Waals surface area (Å²) in [5.74, 6) is 0.348. The highest BCUT2D eigenvalue weighted by atomic mass is 16.7. The summed E-state index contributed by atoms with van der Waals surface area (Å²) in [6, 6.07) is 0. The summed E-state index contributed by atoms with van der Waals surface area (Å²) in [4.78, 5) is 0. The Labute approximate surface area is 85.4 Å². The van der Waals surface area contributed by atoms with Gasteiger partial charge < -0.3 is 14.6 Å². The first-order valence-corrected chi connectivity index (χ1v) is 5.78. The Morgan fingerprint density at radius 3 is 2.79 bits per heavy atom. The highest BCUT2D eigenvalue weighted by molar-refractivity contribution is 4.78. The number of rotatable bonds is 3. The van der Waals surface area contributed by atoms with E-state index >= 15 is 0 Å². The van der Waals surface area contributed by atoms with Crippen LogP contribution < -0.4 is 0 Å². The molecule has 2 aliphatic rings. The number of aliphatic hydroxyl groups is 1. The highest BCUT2D eigenvalue weighted by Crippen LogP contribution is 2.30. The fourth-order valence-corrected chi connectivity index (χ4v) is 2.40. The molecule has 1 aliphatic heterocycles. The third-order valence-corrected chi connectivity index (χ3v) is 3.29. The Kier molecular flexibility index (Phi) is 3.79. The topological polar surface area (TPSA) is 38.7 Å². The lowest BCUT2D eigenvalue weighted by Gasteiger charge is -2.28. The fraction of sp³-hybridized carbons (Fsp3) is 1.00. The second-order valence-electron chi connectivity index (χ2n) is 4.34. The summed E-state index contributed by atoms with van der Waals surface area (Å²) >= 11 is 0. The molecule has 2 fully saturated rings. The SMILES string of the molecule is OC[C@@H]1CCC[C@@H]1O[C@@H]1CCCCO1. The van der Waals surface area contributed by atoms with Gasteiger partial charge in [0, 0.05) is 19.1 Å². The van der Waals surface area contributed by atoms with E-state index in [1.54, 1.807) is 0 Å². The van der Waals surface area contributed by atoms with Gasteiger partial charge in [-0.2, -0.15) is 0 Å². The van der Waals surface area contributed by atoms with Crippen molar-refractivity contribution in [2.24, 2.45) is 5.92 Å². The van der Waals surface area contributed by atoms with Crippen molar-refractivity contribution in [1.29, 1.82) is 0 Å². The largest absolute Gasteiger partial charge is 0.396 e. The normalized spacial score (nSPS) is 38.8. The standard InChI is InChI=1S/C11H20O3/c12-8-9-4-3-5-10(9)14-11-6-1-2-7-13-11/h9-12H,1-8H2/t9-,10-,11+/m0/s1. The molecule has 82 valence electrons. The minimum atomic E-state index is 0.000833. The van der Waals surface area contributed by atoms with Gasteiger partial charge in [0.1, 0.15) is 0 Å². The monoisotopic (exact) mass is 200 g/mol. The third-order valence-electron chi connectivity index (χ3n) is 3.29. The molecular weight excluding hydrogens is 180 g/mol. The first kappa shape index (κ1) is 10.4. The van der Waals surface area contributed by atoms with Crippen LogP contribution >= 0.6 is 0 Å². The van der Waals surface area contributed by atoms with Crippen LogP contribution in [0.2, 0.25) is 0 Å². The molecule has 2 rings (SSSR count). The van der Waals surface area contributed by atoms with Gasteiger partial charge in [-0.05, 0) is 32.1 Å². The maximum atomic E-state index is 9.15. The van der Waals surface area contributed by atoms with Crippen molar-refractivity contribution >= 4 is 0 Å². The first-order chi connectivity index (χ1) is 6.90. The molecule has 3 nitrogen and oxygen atoms in total. The zero-order chi connectivity index (χ0) is 9.80. The Hall–Kier alpha value is -0.120. The molecule has 0 spiro atoms. The van der Waals surface area contributed by atoms with Crippen LogP contribution in [-0.2, 0) is 9.47 Å². The second kappa shape index (κ2) is 5.10. The Bertz CT molecular complexity index is 166. The van der Waals surface area contributed by atoms with Crippen LogP contribution in [0.15, 0.2) is 0 Å². The van der Waals surface area contributed by atoms with E-state index in [2.05, 4.69) is 0 Å². The number of hydrogen-bond donors (Lipinski definition) is 1. The average Bonchev–Trinajstić information content (AvgIpc) is 2.67. The van der Waals surface area contributed by atoms with Crippen LogP contribution in [0, 0.1) is 5.92 Å². The molecule has 3 atom stereocenters. The molecule has 0 radical (unpaired) electrons. The lowest BCUT2D eigenvalue weighted by Crippen LogP contribution is -2.31. The Morgan fingerprint density at radius 1 is 1.14 bits per heavy atom. The van der Waals surface area contributed by atoms with E-state index in [1.807, 2.05) is 0 Å². The molecule has 0 bridgehead atoms. The van der Waals surface area contributed by atoms with Crippen molar-refractivity contribution < 1.29 is 14.6 Å². The van der Waals surface area contributed by atoms with Crippen molar-refractivity contribution in [3.05, 3.63) is 0 Å². The van der Waals surface area contributed by atoms with Crippen molar-refractivity contribution in [3.63, 3.8) is 0 Å². The lowest BCUT2D eigenvalue weighted by molar-refractivity contribution is -0.196. The van der Waals surface area contributed by atoms with Gasteiger partial charge in [0.15, 0.2) is 6.29 Å². The fourth-order valence-electron chi connectivity index (χ4n) is 2.40. The van der Waals surface area contributed by atoms with Gasteiger partial charge in [-0.15, -0.1) is 0 Å². The Balaban J connectivity index is 1.77. The molecule has 14 heavy (non-hydrogen) atoms. The predicted molar refractivity (Wildman–Crippen MR) is 52.9 cm³/mol. The second-order valence-corrected chi connectivity index (χ2v) is 4.34. The van der Waals surface area contributed by atoms with Crippen LogP contribution in [0.25, 0.3) is 0 Å². The quantitative estimate of drug-likeness (QED) is 0.753. The summed E-state index contributed by atoms with van der Waals surface area (Å²) in [6.45, 7) is 1.10. The van der Waals surface area contributed by atoms with E-state index in [0.29, 0.717) is 5.92 Å². The molecule has 0 unspecified atom stereocenters. The van der Waals surface area contributed by atoms with Crippen molar-refractivity contribution in [2.75, 3.05) is 13.2 Å². The molecule has 3 heteroatoms. The zero-order valence-electron chi connectivity index (χ0n) is 8.65. The predicted octanol–water partition coefficient (Wildman–Crippen LogP) is 1.69. The molecule has 1 aliphatic carbocycles. The van der Waals surface area contributed by atoms with E-state index in [1.165, 1.54) is 12.8 Å². The molecular formula is C11H20O3. The van der Waals surface area contributed by atoms with E-state index in [4.69, 9.17) is 14.6 Å². The number of aliphatic hydroxyl groups excluding tert-OH is 1. The van der Waals surface area contributed by atoms with E-state index in [0.717, 1.165) is 32.3 Å². The maximum absolute atomic E-state index is 9.15. The van der Waals surface area contributed by atoms with Gasteiger partial charge in [-0.25, -0.2) is 0 Å². The van der Waals surface area contributed by atoms with Crippen LogP contribution in [0.3, 0.4) is 0 Å². The van der Waals surface area contributed by atoms with Crippen LogP contribution in [0.5, 0.6) is 0 Å². The van der Waals surface area contributed by atoms with Gasteiger partial charge in [0.05, 0.1) is 6.10 Å². The molecule has 0 aromatic rings. The smallest absolute Gasteiger partial charge is 0.157 e. The van der Waals surface area contributed by atoms with Crippen molar-refractivity contribution in [1.82, 2.24) is 0 Å². The summed E-state index contributed by atoms with van der Waals surface area (Å²) < 4.78 is 11.4. The van der Waals surface area contributed by atoms with E-state index in [-0.39, 0.29) is 19.0 Å². The van der Waals surface area contributed by atoms with Crippen LogP contribution in [0.1, 0.15) is 38.5 Å². The molecule has 1 saturated heterocycles. The van der Waals surface area contributed by atoms with Gasteiger partial charge in [0.2, 0.25) is 0 Å². The average molecular weight is 200 g/mol. The highest BCUT2D eigenvalue weighted by Gasteiger charge is 2.30. The van der Waals surface area contributed by atoms with Crippen LogP contribution in [0.4, 0.5) is 0 Å². The lowest BCUT2D eigenvalue weighted by atomic mass is 10.1. The summed E-state index contributed by atoms with van der Waals surface area (Å²) in [5, 5.41) is 9.15. The Morgan fingerprint density at radius 2 is 2.07 bits per heavy atom. The minimum Gasteiger partial charge on any atom is -0.396 e. The summed E-state index contributed by atoms with van der Waals surface area (Å²) in [6.07, 6.45) is 7.01. The molecule has 0 amide bonds. The van der Waals surface area contributed by atoms with Crippen molar-refractivity contribution in [2.45, 2.75) is 50.9 Å². The minimum absolute atomic E-state index is 0.000833. The molecule has 0 aromatic carbocycles. The summed E-state index contributed by atoms with van der Waals surface area (Å²) in [7, 11) is 0. The molecule has 1 saturated carbocycles. The third kappa shape index (κ3) is 2.47. The molecule has 0 aromatic heterocycles. The maximum Gasteiger partial charge on any atom is 0.157 e. The van der Waals surface area contributed by atoms with Crippen molar-refractivity contribution in [3.8, 4) is 0 Å². The van der Waals surface area contributed by atoms with Crippen LogP contribution in [-0.4, -0.2) is 30.7 Å². The van der Waals surface area contributed by atoms with Gasteiger partial charge in [-0.3, -0.25) is 0 Å². The number of ether oxygens (including phenoxy) is 2. The van der Waals surface area contributed by atoms with E-state index in [9.17, 15) is 0 Å². The van der Waals surface area contributed by atoms with Gasteiger partial charge in [-0.1, -0.05) is 6.42 Å².